The molecule has 2 rings (SSSR count). The normalized spacial score (nSPS) is 19.9. The van der Waals surface area contributed by atoms with E-state index in [1.807, 2.05) is 6.08 Å². The highest BCUT2D eigenvalue weighted by molar-refractivity contribution is 5.38. The lowest BCUT2D eigenvalue weighted by Crippen LogP contribution is -1.90. The van der Waals surface area contributed by atoms with Crippen LogP contribution in [0.5, 0.6) is 0 Å². The van der Waals surface area contributed by atoms with Crippen molar-refractivity contribution >= 4 is 0 Å². The molecule has 0 heteroatoms. The molecule has 0 heterocycles. The van der Waals surface area contributed by atoms with Crippen LogP contribution in [0.25, 0.3) is 0 Å². The van der Waals surface area contributed by atoms with E-state index in [1.54, 1.807) is 11.1 Å². The van der Waals surface area contributed by atoms with Crippen molar-refractivity contribution in [2.75, 3.05) is 0 Å². The van der Waals surface area contributed by atoms with E-state index in [2.05, 4.69) is 31.7 Å². The highest BCUT2D eigenvalue weighted by Gasteiger charge is 2.20. The summed E-state index contributed by atoms with van der Waals surface area (Å²) in [6.07, 6.45) is 5.75. The van der Waals surface area contributed by atoms with Gasteiger partial charge in [0.1, 0.15) is 0 Å². The van der Waals surface area contributed by atoms with Gasteiger partial charge in [-0.2, -0.15) is 0 Å². The summed E-state index contributed by atoms with van der Waals surface area (Å²) in [6.45, 7) is 5.98. The molecule has 1 aromatic carbocycles. The molecule has 0 saturated heterocycles. The molecule has 0 spiro atoms. The molecule has 0 radical (unpaired) electrons. The molecule has 1 aliphatic carbocycles. The zero-order chi connectivity index (χ0) is 9.26. The Kier molecular flexibility index (Phi) is 2.22. The molecule has 1 unspecified atom stereocenters. The number of rotatable bonds is 2. The van der Waals surface area contributed by atoms with Gasteiger partial charge in [-0.3, -0.25) is 0 Å². The molecule has 1 atom stereocenters. The Bertz CT molecular complexity index is 323. The van der Waals surface area contributed by atoms with E-state index >= 15 is 0 Å². The van der Waals surface area contributed by atoms with Crippen molar-refractivity contribution in [3.8, 4) is 0 Å². The van der Waals surface area contributed by atoms with Gasteiger partial charge in [0.15, 0.2) is 0 Å². The van der Waals surface area contributed by atoms with Gasteiger partial charge in [0.05, 0.1) is 0 Å². The fourth-order valence-corrected chi connectivity index (χ4v) is 2.28. The van der Waals surface area contributed by atoms with Gasteiger partial charge in [-0.15, -0.1) is 6.58 Å². The standard InChI is InChI=1S/C13H16/c1-3-4-11-6-7-12-9-10(2)5-8-13(11)12/h3,5,8-9,11H,1,4,6-7H2,2H3. The van der Waals surface area contributed by atoms with Crippen molar-refractivity contribution < 1.29 is 0 Å². The molecule has 0 saturated carbocycles. The summed E-state index contributed by atoms with van der Waals surface area (Å²) in [6, 6.07) is 6.85. The van der Waals surface area contributed by atoms with Gasteiger partial charge >= 0.3 is 0 Å². The van der Waals surface area contributed by atoms with Gasteiger partial charge in [-0.25, -0.2) is 0 Å². The van der Waals surface area contributed by atoms with Crippen LogP contribution in [-0.2, 0) is 6.42 Å². The zero-order valence-corrected chi connectivity index (χ0v) is 8.22. The minimum Gasteiger partial charge on any atom is -0.103 e. The quantitative estimate of drug-likeness (QED) is 0.598. The van der Waals surface area contributed by atoms with Gasteiger partial charge in [0.25, 0.3) is 0 Å². The van der Waals surface area contributed by atoms with E-state index < -0.39 is 0 Å². The third kappa shape index (κ3) is 1.53. The van der Waals surface area contributed by atoms with E-state index in [1.165, 1.54) is 18.4 Å². The van der Waals surface area contributed by atoms with Gasteiger partial charge < -0.3 is 0 Å². The zero-order valence-electron chi connectivity index (χ0n) is 8.22. The second-order valence-corrected chi connectivity index (χ2v) is 3.96. The summed E-state index contributed by atoms with van der Waals surface area (Å²) >= 11 is 0. The minimum atomic E-state index is 0.744. The molecule has 0 nitrogen and oxygen atoms in total. The number of aryl methyl sites for hydroxylation is 2. The van der Waals surface area contributed by atoms with Crippen molar-refractivity contribution in [1.82, 2.24) is 0 Å². The fourth-order valence-electron chi connectivity index (χ4n) is 2.28. The molecule has 0 aromatic heterocycles. The maximum absolute atomic E-state index is 3.81. The lowest BCUT2D eigenvalue weighted by atomic mass is 9.97. The molecule has 68 valence electrons. The monoisotopic (exact) mass is 172 g/mol. The summed E-state index contributed by atoms with van der Waals surface area (Å²) in [7, 11) is 0. The Morgan fingerprint density at radius 2 is 2.38 bits per heavy atom. The third-order valence-corrected chi connectivity index (χ3v) is 2.95. The van der Waals surface area contributed by atoms with Crippen molar-refractivity contribution in [3.05, 3.63) is 47.5 Å². The fraction of sp³-hybridized carbons (Fsp3) is 0.385. The van der Waals surface area contributed by atoms with Gasteiger partial charge in [0.2, 0.25) is 0 Å². The Labute approximate surface area is 80.3 Å². The topological polar surface area (TPSA) is 0 Å². The summed E-state index contributed by atoms with van der Waals surface area (Å²) < 4.78 is 0. The average molecular weight is 172 g/mol. The maximum Gasteiger partial charge on any atom is -0.0122 e. The maximum atomic E-state index is 3.81. The van der Waals surface area contributed by atoms with E-state index in [0.717, 1.165) is 12.3 Å². The second kappa shape index (κ2) is 3.37. The molecule has 0 amide bonds. The first-order valence-electron chi connectivity index (χ1n) is 5.01. The SMILES string of the molecule is C=CCC1CCc2cc(C)ccc21. The first-order chi connectivity index (χ1) is 6.31. The Hall–Kier alpha value is -1.04. The van der Waals surface area contributed by atoms with Crippen LogP contribution in [0.1, 0.15) is 35.4 Å². The Morgan fingerprint density at radius 1 is 1.54 bits per heavy atom. The number of fused-ring (bicyclic) bond motifs is 1. The Morgan fingerprint density at radius 3 is 3.15 bits per heavy atom. The number of hydrogen-bond acceptors (Lipinski definition) is 0. The molecule has 0 aliphatic heterocycles. The van der Waals surface area contributed by atoms with Crippen LogP contribution >= 0.6 is 0 Å². The van der Waals surface area contributed by atoms with Gasteiger partial charge in [-0.05, 0) is 43.2 Å². The Balaban J connectivity index is 2.32. The molecule has 1 aliphatic rings. The van der Waals surface area contributed by atoms with E-state index in [-0.39, 0.29) is 0 Å². The second-order valence-electron chi connectivity index (χ2n) is 3.96. The van der Waals surface area contributed by atoms with Crippen molar-refractivity contribution in [1.29, 1.82) is 0 Å². The van der Waals surface area contributed by atoms with Crippen molar-refractivity contribution in [3.63, 3.8) is 0 Å². The van der Waals surface area contributed by atoms with E-state index in [0.29, 0.717) is 0 Å². The molecule has 0 fully saturated rings. The first-order valence-corrected chi connectivity index (χ1v) is 5.01. The lowest BCUT2D eigenvalue weighted by Gasteiger charge is -2.08. The van der Waals surface area contributed by atoms with Gasteiger partial charge in [0, 0.05) is 0 Å². The van der Waals surface area contributed by atoms with Crippen LogP contribution in [0.2, 0.25) is 0 Å². The number of allylic oxidation sites excluding steroid dienone is 1. The van der Waals surface area contributed by atoms with Crippen LogP contribution in [0.3, 0.4) is 0 Å². The van der Waals surface area contributed by atoms with Crippen LogP contribution in [-0.4, -0.2) is 0 Å². The minimum absolute atomic E-state index is 0.744. The summed E-state index contributed by atoms with van der Waals surface area (Å²) in [4.78, 5) is 0. The summed E-state index contributed by atoms with van der Waals surface area (Å²) in [5.74, 6) is 0.744. The lowest BCUT2D eigenvalue weighted by molar-refractivity contribution is 0.690. The molecular weight excluding hydrogens is 156 g/mol. The molecule has 1 aromatic rings. The predicted octanol–water partition coefficient (Wildman–Crippen LogP) is 3.60. The molecule has 13 heavy (non-hydrogen) atoms. The number of hydrogen-bond donors (Lipinski definition) is 0. The largest absolute Gasteiger partial charge is 0.103 e. The van der Waals surface area contributed by atoms with E-state index in [4.69, 9.17) is 0 Å². The number of benzene rings is 1. The summed E-state index contributed by atoms with van der Waals surface area (Å²) in [5.41, 5.74) is 4.51. The average Bonchev–Trinajstić information content (AvgIpc) is 2.49. The van der Waals surface area contributed by atoms with Crippen LogP contribution in [0.15, 0.2) is 30.9 Å². The molecule has 0 bridgehead atoms. The highest BCUT2D eigenvalue weighted by Crippen LogP contribution is 2.35. The summed E-state index contributed by atoms with van der Waals surface area (Å²) in [5, 5.41) is 0. The smallest absolute Gasteiger partial charge is 0.0122 e. The predicted molar refractivity (Wildman–Crippen MR) is 57.1 cm³/mol. The van der Waals surface area contributed by atoms with Crippen LogP contribution in [0, 0.1) is 6.92 Å². The van der Waals surface area contributed by atoms with Crippen LogP contribution < -0.4 is 0 Å². The van der Waals surface area contributed by atoms with Crippen LogP contribution in [0.4, 0.5) is 0 Å². The van der Waals surface area contributed by atoms with E-state index in [9.17, 15) is 0 Å². The molecule has 0 N–H and O–H groups in total. The third-order valence-electron chi connectivity index (χ3n) is 2.95. The van der Waals surface area contributed by atoms with Crippen molar-refractivity contribution in [2.45, 2.75) is 32.1 Å². The molecular formula is C13H16. The van der Waals surface area contributed by atoms with Gasteiger partial charge in [-0.1, -0.05) is 29.8 Å². The van der Waals surface area contributed by atoms with Crippen molar-refractivity contribution in [2.24, 2.45) is 0 Å². The highest BCUT2D eigenvalue weighted by atomic mass is 14.2. The first kappa shape index (κ1) is 8.55.